The van der Waals surface area contributed by atoms with Gasteiger partial charge in [0.1, 0.15) is 12.4 Å². The van der Waals surface area contributed by atoms with Crippen LogP contribution in [0.4, 0.5) is 0 Å². The quantitative estimate of drug-likeness (QED) is 0.778. The summed E-state index contributed by atoms with van der Waals surface area (Å²) in [6, 6.07) is 12.8. The normalized spacial score (nSPS) is 13.2. The van der Waals surface area contributed by atoms with Gasteiger partial charge in [0, 0.05) is 11.6 Å². The molecular formula is C19H25NO4. The Morgan fingerprint density at radius 2 is 1.62 bits per heavy atom. The van der Waals surface area contributed by atoms with Gasteiger partial charge in [0.25, 0.3) is 0 Å². The summed E-state index contributed by atoms with van der Waals surface area (Å²) in [7, 11) is 3.13. The molecule has 0 fully saturated rings. The first-order chi connectivity index (χ1) is 11.6. The van der Waals surface area contributed by atoms with E-state index in [1.165, 1.54) is 0 Å². The summed E-state index contributed by atoms with van der Waals surface area (Å²) >= 11 is 0. The Balaban J connectivity index is 2.35. The molecule has 2 aromatic rings. The van der Waals surface area contributed by atoms with E-state index in [-0.39, 0.29) is 0 Å². The standard InChI is InChI=1S/C19H25NO4/c1-4-15(21)19(20)14-10-17(22-2)18(23-3)11-16(14)24-12-13-8-6-5-7-9-13/h5-11,15,19,21H,4,12,20H2,1-3H3/t15-,19+/m0/s1. The molecule has 0 unspecified atom stereocenters. The molecule has 0 aromatic heterocycles. The Bertz CT molecular complexity index is 645. The molecule has 3 N–H and O–H groups in total. The van der Waals surface area contributed by atoms with Crippen molar-refractivity contribution < 1.29 is 19.3 Å². The van der Waals surface area contributed by atoms with Gasteiger partial charge in [-0.2, -0.15) is 0 Å². The van der Waals surface area contributed by atoms with Gasteiger partial charge in [-0.3, -0.25) is 0 Å². The number of aliphatic hydroxyl groups is 1. The van der Waals surface area contributed by atoms with E-state index in [0.29, 0.717) is 35.8 Å². The van der Waals surface area contributed by atoms with Crippen molar-refractivity contribution in [2.75, 3.05) is 14.2 Å². The van der Waals surface area contributed by atoms with Crippen molar-refractivity contribution in [1.82, 2.24) is 0 Å². The second kappa shape index (κ2) is 8.57. The van der Waals surface area contributed by atoms with E-state index >= 15 is 0 Å². The van der Waals surface area contributed by atoms with Crippen LogP contribution in [-0.4, -0.2) is 25.4 Å². The van der Waals surface area contributed by atoms with Crippen molar-refractivity contribution in [2.24, 2.45) is 5.73 Å². The van der Waals surface area contributed by atoms with Crippen LogP contribution >= 0.6 is 0 Å². The Labute approximate surface area is 143 Å². The minimum atomic E-state index is -0.665. The average Bonchev–Trinajstić information content (AvgIpc) is 2.65. The molecule has 0 amide bonds. The zero-order valence-electron chi connectivity index (χ0n) is 14.4. The topological polar surface area (TPSA) is 73.9 Å². The van der Waals surface area contributed by atoms with Crippen molar-refractivity contribution in [3.05, 3.63) is 53.6 Å². The van der Waals surface area contributed by atoms with Crippen LogP contribution in [0.5, 0.6) is 17.2 Å². The van der Waals surface area contributed by atoms with Crippen LogP contribution in [0.1, 0.15) is 30.5 Å². The number of ether oxygens (including phenoxy) is 3. The number of nitrogens with two attached hydrogens (primary N) is 1. The third-order valence-electron chi connectivity index (χ3n) is 3.95. The van der Waals surface area contributed by atoms with Gasteiger partial charge >= 0.3 is 0 Å². The SMILES string of the molecule is CC[C@H](O)[C@H](N)c1cc(OC)c(OC)cc1OCc1ccccc1. The minimum absolute atomic E-state index is 0.401. The van der Waals surface area contributed by atoms with Gasteiger partial charge in [0.2, 0.25) is 0 Å². The van der Waals surface area contributed by atoms with Crippen LogP contribution in [0.3, 0.4) is 0 Å². The number of benzene rings is 2. The molecule has 0 heterocycles. The van der Waals surface area contributed by atoms with Gasteiger partial charge in [-0.1, -0.05) is 37.3 Å². The molecule has 24 heavy (non-hydrogen) atoms. The smallest absolute Gasteiger partial charge is 0.164 e. The van der Waals surface area contributed by atoms with Crippen molar-refractivity contribution in [3.63, 3.8) is 0 Å². The summed E-state index contributed by atoms with van der Waals surface area (Å²) in [6.45, 7) is 2.29. The molecule has 2 atom stereocenters. The fourth-order valence-electron chi connectivity index (χ4n) is 2.46. The van der Waals surface area contributed by atoms with Gasteiger partial charge in [-0.05, 0) is 18.1 Å². The summed E-state index contributed by atoms with van der Waals surface area (Å²) in [6.07, 6.45) is -0.115. The fourth-order valence-corrected chi connectivity index (χ4v) is 2.46. The summed E-state index contributed by atoms with van der Waals surface area (Å²) in [5.41, 5.74) is 7.94. The van der Waals surface area contributed by atoms with Gasteiger partial charge in [0.15, 0.2) is 11.5 Å². The summed E-state index contributed by atoms with van der Waals surface area (Å²) in [4.78, 5) is 0. The maximum atomic E-state index is 10.1. The molecule has 0 aliphatic heterocycles. The largest absolute Gasteiger partial charge is 0.493 e. The average molecular weight is 331 g/mol. The van der Waals surface area contributed by atoms with Crippen LogP contribution in [0.15, 0.2) is 42.5 Å². The highest BCUT2D eigenvalue weighted by molar-refractivity contribution is 5.52. The molecule has 0 spiro atoms. The molecule has 5 heteroatoms. The Hall–Kier alpha value is -2.24. The molecule has 2 aromatic carbocycles. The minimum Gasteiger partial charge on any atom is -0.493 e. The molecule has 0 aliphatic rings. The molecule has 2 rings (SSSR count). The highest BCUT2D eigenvalue weighted by atomic mass is 16.5. The number of rotatable bonds is 8. The Morgan fingerprint density at radius 3 is 2.21 bits per heavy atom. The molecule has 130 valence electrons. The lowest BCUT2D eigenvalue weighted by molar-refractivity contribution is 0.138. The lowest BCUT2D eigenvalue weighted by Gasteiger charge is -2.22. The third kappa shape index (κ3) is 4.19. The third-order valence-corrected chi connectivity index (χ3v) is 3.95. The van der Waals surface area contributed by atoms with E-state index in [9.17, 15) is 5.11 Å². The number of hydrogen-bond donors (Lipinski definition) is 2. The number of aliphatic hydroxyl groups excluding tert-OH is 1. The van der Waals surface area contributed by atoms with E-state index in [1.54, 1.807) is 26.4 Å². The molecule has 0 saturated heterocycles. The van der Waals surface area contributed by atoms with Crippen LogP contribution in [-0.2, 0) is 6.61 Å². The van der Waals surface area contributed by atoms with E-state index in [1.807, 2.05) is 37.3 Å². The predicted molar refractivity (Wildman–Crippen MR) is 93.5 cm³/mol. The van der Waals surface area contributed by atoms with Gasteiger partial charge in [0.05, 0.1) is 26.4 Å². The molecule has 5 nitrogen and oxygen atoms in total. The first-order valence-electron chi connectivity index (χ1n) is 7.97. The summed E-state index contributed by atoms with van der Waals surface area (Å²) in [5.74, 6) is 1.69. The summed E-state index contributed by atoms with van der Waals surface area (Å²) in [5, 5.41) is 10.1. The van der Waals surface area contributed by atoms with Crippen molar-refractivity contribution in [1.29, 1.82) is 0 Å². The van der Waals surface area contributed by atoms with Crippen LogP contribution < -0.4 is 19.9 Å². The Kier molecular flexibility index (Phi) is 6.46. The molecular weight excluding hydrogens is 306 g/mol. The van der Waals surface area contributed by atoms with Gasteiger partial charge in [-0.15, -0.1) is 0 Å². The van der Waals surface area contributed by atoms with Crippen molar-refractivity contribution in [2.45, 2.75) is 32.1 Å². The number of hydrogen-bond acceptors (Lipinski definition) is 5. The summed E-state index contributed by atoms with van der Waals surface area (Å²) < 4.78 is 16.6. The van der Waals surface area contributed by atoms with Crippen LogP contribution in [0.2, 0.25) is 0 Å². The van der Waals surface area contributed by atoms with E-state index in [2.05, 4.69) is 0 Å². The van der Waals surface area contributed by atoms with Crippen molar-refractivity contribution in [3.8, 4) is 17.2 Å². The van der Waals surface area contributed by atoms with Crippen LogP contribution in [0.25, 0.3) is 0 Å². The molecule has 0 saturated carbocycles. The second-order valence-electron chi connectivity index (χ2n) is 5.52. The molecule has 0 bridgehead atoms. The highest BCUT2D eigenvalue weighted by Gasteiger charge is 2.22. The van der Waals surface area contributed by atoms with E-state index in [0.717, 1.165) is 5.56 Å². The van der Waals surface area contributed by atoms with Gasteiger partial charge < -0.3 is 25.1 Å². The Morgan fingerprint density at radius 1 is 1.00 bits per heavy atom. The second-order valence-corrected chi connectivity index (χ2v) is 5.52. The first kappa shape index (κ1) is 18.1. The zero-order chi connectivity index (χ0) is 17.5. The monoisotopic (exact) mass is 331 g/mol. The lowest BCUT2D eigenvalue weighted by Crippen LogP contribution is -2.26. The first-order valence-corrected chi connectivity index (χ1v) is 7.97. The maximum Gasteiger partial charge on any atom is 0.164 e. The molecule has 0 radical (unpaired) electrons. The predicted octanol–water partition coefficient (Wildman–Crippen LogP) is 3.05. The fraction of sp³-hybridized carbons (Fsp3) is 0.368. The van der Waals surface area contributed by atoms with Gasteiger partial charge in [-0.25, -0.2) is 0 Å². The van der Waals surface area contributed by atoms with E-state index < -0.39 is 12.1 Å². The van der Waals surface area contributed by atoms with Crippen LogP contribution in [0, 0.1) is 0 Å². The lowest BCUT2D eigenvalue weighted by atomic mass is 9.99. The molecule has 0 aliphatic carbocycles. The zero-order valence-corrected chi connectivity index (χ0v) is 14.4. The number of methoxy groups -OCH3 is 2. The van der Waals surface area contributed by atoms with Crippen molar-refractivity contribution >= 4 is 0 Å². The maximum absolute atomic E-state index is 10.1. The van der Waals surface area contributed by atoms with E-state index in [4.69, 9.17) is 19.9 Å². The highest BCUT2D eigenvalue weighted by Crippen LogP contribution is 2.38.